The van der Waals surface area contributed by atoms with Gasteiger partial charge in [-0.15, -0.1) is 0 Å². The first-order chi connectivity index (χ1) is 10.1. The van der Waals surface area contributed by atoms with E-state index in [0.29, 0.717) is 5.69 Å². The number of nitrogens with one attached hydrogen (secondary N) is 4. The molecule has 9 heteroatoms. The number of hydrogen-bond donors (Lipinski definition) is 5. The minimum absolute atomic E-state index is 0.283. The van der Waals surface area contributed by atoms with Crippen LogP contribution in [-0.2, 0) is 0 Å². The fourth-order valence-electron chi connectivity index (χ4n) is 1.44. The molecule has 2 aromatic rings. The number of anilines is 1. The zero-order valence-electron chi connectivity index (χ0n) is 10.6. The maximum Gasteiger partial charge on any atom is 0.339 e. The lowest BCUT2D eigenvalue weighted by Gasteiger charge is -2.03. The first kappa shape index (κ1) is 14.1. The number of carbonyl (C=O) groups is 1. The molecule has 1 heterocycles. The molecule has 0 saturated carbocycles. The van der Waals surface area contributed by atoms with Gasteiger partial charge in [0.25, 0.3) is 5.56 Å². The average molecular weight is 289 g/mol. The number of H-pyrrole nitrogens is 2. The second-order valence-electron chi connectivity index (χ2n) is 3.86. The number of hydrogen-bond acceptors (Lipinski definition) is 5. The molecule has 1 aromatic carbocycles. The fraction of sp³-hybridized carbons (Fsp3) is 0. The molecular weight excluding hydrogens is 278 g/mol. The second-order valence-corrected chi connectivity index (χ2v) is 3.86. The smallest absolute Gasteiger partial charge is 0.339 e. The molecule has 0 aliphatic rings. The molecule has 0 radical (unpaired) electrons. The van der Waals surface area contributed by atoms with Crippen molar-refractivity contribution in [2.45, 2.75) is 0 Å². The second kappa shape index (κ2) is 6.19. The highest BCUT2D eigenvalue weighted by Gasteiger charge is 2.05. The van der Waals surface area contributed by atoms with Gasteiger partial charge in [0.2, 0.25) is 5.88 Å². The summed E-state index contributed by atoms with van der Waals surface area (Å²) in [5, 5.41) is 15.4. The van der Waals surface area contributed by atoms with Crippen LogP contribution in [0.1, 0.15) is 5.56 Å². The first-order valence-electron chi connectivity index (χ1n) is 5.77. The molecule has 0 aliphatic heterocycles. The van der Waals surface area contributed by atoms with Crippen LogP contribution < -0.4 is 22.0 Å². The number of amides is 2. The van der Waals surface area contributed by atoms with Crippen LogP contribution in [0.25, 0.3) is 0 Å². The molecule has 0 fully saturated rings. The van der Waals surface area contributed by atoms with Crippen LogP contribution in [0.2, 0.25) is 0 Å². The van der Waals surface area contributed by atoms with Crippen LogP contribution in [0.3, 0.4) is 0 Å². The summed E-state index contributed by atoms with van der Waals surface area (Å²) in [4.78, 5) is 37.6. The fourth-order valence-corrected chi connectivity index (χ4v) is 1.44. The Bertz CT molecular complexity index is 778. The van der Waals surface area contributed by atoms with Gasteiger partial charge in [-0.1, -0.05) is 18.2 Å². The molecule has 0 saturated heterocycles. The Morgan fingerprint density at radius 3 is 2.57 bits per heavy atom. The number of aromatic amines is 2. The number of benzene rings is 1. The Balaban J connectivity index is 2.01. The van der Waals surface area contributed by atoms with Crippen LogP contribution in [0, 0.1) is 0 Å². The summed E-state index contributed by atoms with van der Waals surface area (Å²) in [6.45, 7) is 0. The van der Waals surface area contributed by atoms with Crippen molar-refractivity contribution in [3.05, 3.63) is 56.7 Å². The highest BCUT2D eigenvalue weighted by Crippen LogP contribution is 2.04. The monoisotopic (exact) mass is 289 g/mol. The standard InChI is InChI=1S/C12H11N5O4/c18-9-8(10(19)16-11(20)15-9)6-13-17-12(21)14-7-4-2-1-3-5-7/h1-6H,(H2,14,17,21)(H3,15,16,18,19,20)/b13-6+. The Morgan fingerprint density at radius 1 is 1.19 bits per heavy atom. The van der Waals surface area contributed by atoms with Crippen molar-refractivity contribution in [1.29, 1.82) is 0 Å². The van der Waals surface area contributed by atoms with Gasteiger partial charge in [0, 0.05) is 5.69 Å². The van der Waals surface area contributed by atoms with E-state index in [-0.39, 0.29) is 5.56 Å². The molecular formula is C12H11N5O4. The zero-order valence-corrected chi connectivity index (χ0v) is 10.6. The van der Waals surface area contributed by atoms with Crippen molar-refractivity contribution in [3.63, 3.8) is 0 Å². The Labute approximate surface area is 117 Å². The van der Waals surface area contributed by atoms with E-state index in [2.05, 4.69) is 15.8 Å². The molecule has 2 amide bonds. The number of nitrogens with zero attached hydrogens (tertiary/aromatic N) is 1. The van der Waals surface area contributed by atoms with Gasteiger partial charge >= 0.3 is 11.7 Å². The summed E-state index contributed by atoms with van der Waals surface area (Å²) in [5.41, 5.74) is 0.723. The van der Waals surface area contributed by atoms with Gasteiger partial charge in [-0.3, -0.25) is 14.8 Å². The molecule has 21 heavy (non-hydrogen) atoms. The molecule has 0 aliphatic carbocycles. The normalized spacial score (nSPS) is 10.5. The number of para-hydroxylation sites is 1. The van der Waals surface area contributed by atoms with Crippen LogP contribution in [0.5, 0.6) is 5.88 Å². The lowest BCUT2D eigenvalue weighted by atomic mass is 10.3. The number of rotatable bonds is 3. The third-order valence-corrected chi connectivity index (χ3v) is 2.35. The zero-order chi connectivity index (χ0) is 15.2. The third-order valence-electron chi connectivity index (χ3n) is 2.35. The van der Waals surface area contributed by atoms with E-state index in [1.54, 1.807) is 30.3 Å². The molecule has 108 valence electrons. The van der Waals surface area contributed by atoms with Gasteiger partial charge in [0.15, 0.2) is 0 Å². The van der Waals surface area contributed by atoms with E-state index in [1.165, 1.54) is 0 Å². The lowest BCUT2D eigenvalue weighted by Crippen LogP contribution is -2.27. The largest absolute Gasteiger partial charge is 0.494 e. The van der Waals surface area contributed by atoms with E-state index in [9.17, 15) is 19.5 Å². The van der Waals surface area contributed by atoms with Crippen molar-refractivity contribution >= 4 is 17.9 Å². The van der Waals surface area contributed by atoms with Crippen LogP contribution in [0.4, 0.5) is 10.5 Å². The van der Waals surface area contributed by atoms with E-state index in [1.807, 2.05) is 9.97 Å². The molecule has 0 bridgehead atoms. The van der Waals surface area contributed by atoms with Gasteiger partial charge in [-0.05, 0) is 12.1 Å². The van der Waals surface area contributed by atoms with E-state index in [4.69, 9.17) is 0 Å². The number of urea groups is 1. The topological polar surface area (TPSA) is 139 Å². The highest BCUT2D eigenvalue weighted by molar-refractivity contribution is 5.90. The maximum atomic E-state index is 11.5. The number of aromatic hydroxyl groups is 1. The SMILES string of the molecule is O=C(N/N=C/c1c(O)[nH]c(=O)[nH]c1=O)Nc1ccccc1. The van der Waals surface area contributed by atoms with E-state index < -0.39 is 23.2 Å². The van der Waals surface area contributed by atoms with Gasteiger partial charge < -0.3 is 10.4 Å². The third kappa shape index (κ3) is 3.80. The first-order valence-corrected chi connectivity index (χ1v) is 5.77. The summed E-state index contributed by atoms with van der Waals surface area (Å²) < 4.78 is 0. The summed E-state index contributed by atoms with van der Waals surface area (Å²) >= 11 is 0. The summed E-state index contributed by atoms with van der Waals surface area (Å²) in [7, 11) is 0. The Morgan fingerprint density at radius 2 is 1.90 bits per heavy atom. The number of hydrazone groups is 1. The van der Waals surface area contributed by atoms with Crippen molar-refractivity contribution < 1.29 is 9.90 Å². The van der Waals surface area contributed by atoms with Crippen LogP contribution in [0.15, 0.2) is 45.0 Å². The average Bonchev–Trinajstić information content (AvgIpc) is 2.42. The quantitative estimate of drug-likeness (QED) is 0.398. The molecule has 0 unspecified atom stereocenters. The van der Waals surface area contributed by atoms with Gasteiger partial charge in [0.05, 0.1) is 6.21 Å². The number of aromatic nitrogens is 2. The summed E-state index contributed by atoms with van der Waals surface area (Å²) in [5.74, 6) is -0.641. The molecule has 9 nitrogen and oxygen atoms in total. The van der Waals surface area contributed by atoms with Crippen molar-refractivity contribution in [2.75, 3.05) is 5.32 Å². The summed E-state index contributed by atoms with van der Waals surface area (Å²) in [6, 6.07) is 8.03. The van der Waals surface area contributed by atoms with E-state index >= 15 is 0 Å². The minimum atomic E-state index is -0.843. The lowest BCUT2D eigenvalue weighted by molar-refractivity contribution is 0.252. The minimum Gasteiger partial charge on any atom is -0.494 e. The molecule has 0 atom stereocenters. The van der Waals surface area contributed by atoms with Crippen LogP contribution >= 0.6 is 0 Å². The van der Waals surface area contributed by atoms with Crippen molar-refractivity contribution in [1.82, 2.24) is 15.4 Å². The van der Waals surface area contributed by atoms with Crippen molar-refractivity contribution in [2.24, 2.45) is 5.10 Å². The maximum absolute atomic E-state index is 11.5. The highest BCUT2D eigenvalue weighted by atomic mass is 16.3. The summed E-state index contributed by atoms with van der Waals surface area (Å²) in [6.07, 6.45) is 0.911. The van der Waals surface area contributed by atoms with Gasteiger partial charge in [-0.25, -0.2) is 15.0 Å². The number of carbonyl (C=O) groups excluding carboxylic acids is 1. The van der Waals surface area contributed by atoms with Gasteiger partial charge in [-0.2, -0.15) is 5.10 Å². The molecule has 5 N–H and O–H groups in total. The van der Waals surface area contributed by atoms with Gasteiger partial charge in [0.1, 0.15) is 5.56 Å². The molecule has 0 spiro atoms. The van der Waals surface area contributed by atoms with Crippen molar-refractivity contribution in [3.8, 4) is 5.88 Å². The van der Waals surface area contributed by atoms with Crippen LogP contribution in [-0.4, -0.2) is 27.3 Å². The Hall–Kier alpha value is -3.36. The predicted molar refractivity (Wildman–Crippen MR) is 75.5 cm³/mol. The molecule has 2 rings (SSSR count). The molecule has 1 aromatic heterocycles. The predicted octanol–water partition coefficient (Wildman–Crippen LogP) is -0.0756. The van der Waals surface area contributed by atoms with E-state index in [0.717, 1.165) is 6.21 Å². The Kier molecular flexibility index (Phi) is 4.14.